The van der Waals surface area contributed by atoms with Gasteiger partial charge in [-0.1, -0.05) is 13.8 Å². The molecule has 1 atom stereocenters. The zero-order valence-electron chi connectivity index (χ0n) is 13.3. The van der Waals surface area contributed by atoms with Crippen molar-refractivity contribution in [1.29, 1.82) is 0 Å². The van der Waals surface area contributed by atoms with E-state index in [1.54, 1.807) is 7.11 Å². The molecule has 1 saturated heterocycles. The van der Waals surface area contributed by atoms with Crippen LogP contribution in [0, 0.1) is 11.8 Å². The van der Waals surface area contributed by atoms with Crippen LogP contribution in [0.1, 0.15) is 38.7 Å². The van der Waals surface area contributed by atoms with E-state index in [0.29, 0.717) is 30.5 Å². The fourth-order valence-electron chi connectivity index (χ4n) is 3.02. The Kier molecular flexibility index (Phi) is 5.10. The first-order valence-electron chi connectivity index (χ1n) is 7.71. The lowest BCUT2D eigenvalue weighted by molar-refractivity contribution is -0.131. The number of carbonyl (C=O) groups excluding carboxylic acids is 1. The van der Waals surface area contributed by atoms with Crippen molar-refractivity contribution in [3.63, 3.8) is 0 Å². The van der Waals surface area contributed by atoms with Gasteiger partial charge in [0.05, 0.1) is 7.11 Å². The first-order chi connectivity index (χ1) is 10.0. The highest BCUT2D eigenvalue weighted by Gasteiger charge is 2.24. The SMILES string of the molecule is COc1ccc(N)cc1CN1CCC(C(C)C)CCC1=O. The molecule has 1 unspecified atom stereocenters. The fraction of sp³-hybridized carbons (Fsp3) is 0.588. The van der Waals surface area contributed by atoms with Gasteiger partial charge < -0.3 is 15.4 Å². The van der Waals surface area contributed by atoms with Crippen LogP contribution in [0.15, 0.2) is 18.2 Å². The maximum atomic E-state index is 12.3. The Morgan fingerprint density at radius 3 is 2.81 bits per heavy atom. The number of ether oxygens (including phenoxy) is 1. The van der Waals surface area contributed by atoms with Crippen LogP contribution in [0.4, 0.5) is 5.69 Å². The number of anilines is 1. The van der Waals surface area contributed by atoms with Crippen LogP contribution in [0.25, 0.3) is 0 Å². The van der Waals surface area contributed by atoms with Gasteiger partial charge >= 0.3 is 0 Å². The van der Waals surface area contributed by atoms with Crippen LogP contribution < -0.4 is 10.5 Å². The van der Waals surface area contributed by atoms with Gasteiger partial charge in [0, 0.05) is 30.8 Å². The molecule has 21 heavy (non-hydrogen) atoms. The van der Waals surface area contributed by atoms with Crippen molar-refractivity contribution in [2.45, 2.75) is 39.7 Å². The van der Waals surface area contributed by atoms with Crippen molar-refractivity contribution in [1.82, 2.24) is 4.90 Å². The summed E-state index contributed by atoms with van der Waals surface area (Å²) >= 11 is 0. The minimum absolute atomic E-state index is 0.239. The number of nitrogens with zero attached hydrogens (tertiary/aromatic N) is 1. The largest absolute Gasteiger partial charge is 0.496 e. The third-order valence-corrected chi connectivity index (χ3v) is 4.46. The highest BCUT2D eigenvalue weighted by Crippen LogP contribution is 2.28. The Balaban J connectivity index is 2.11. The number of benzene rings is 1. The maximum Gasteiger partial charge on any atom is 0.222 e. The molecule has 1 aromatic rings. The van der Waals surface area contributed by atoms with Gasteiger partial charge in [-0.15, -0.1) is 0 Å². The van der Waals surface area contributed by atoms with Gasteiger partial charge in [-0.3, -0.25) is 4.79 Å². The number of amides is 1. The van der Waals surface area contributed by atoms with Gasteiger partial charge in [-0.2, -0.15) is 0 Å². The molecule has 1 aliphatic heterocycles. The zero-order chi connectivity index (χ0) is 15.4. The molecule has 0 radical (unpaired) electrons. The van der Waals surface area contributed by atoms with Crippen molar-refractivity contribution in [2.24, 2.45) is 11.8 Å². The second kappa shape index (κ2) is 6.83. The molecule has 4 nitrogen and oxygen atoms in total. The average Bonchev–Trinajstić information content (AvgIpc) is 2.62. The van der Waals surface area contributed by atoms with Gasteiger partial charge in [-0.25, -0.2) is 0 Å². The minimum atomic E-state index is 0.239. The number of nitrogen functional groups attached to an aromatic ring is 1. The summed E-state index contributed by atoms with van der Waals surface area (Å²) in [6, 6.07) is 5.59. The third kappa shape index (κ3) is 3.90. The van der Waals surface area contributed by atoms with E-state index >= 15 is 0 Å². The van der Waals surface area contributed by atoms with Crippen LogP contribution in [0.5, 0.6) is 5.75 Å². The van der Waals surface area contributed by atoms with Crippen LogP contribution in [0.3, 0.4) is 0 Å². The van der Waals surface area contributed by atoms with E-state index in [1.807, 2.05) is 23.1 Å². The van der Waals surface area contributed by atoms with Crippen LogP contribution in [-0.2, 0) is 11.3 Å². The number of likely N-dealkylation sites (tertiary alicyclic amines) is 1. The standard InChI is InChI=1S/C17H26N2O2/c1-12(2)13-4-7-17(20)19(9-8-13)11-14-10-15(18)5-6-16(14)21-3/h5-6,10,12-13H,4,7-9,11,18H2,1-3H3. The molecule has 2 rings (SSSR count). The molecule has 1 amide bonds. The molecule has 0 aliphatic carbocycles. The molecule has 116 valence electrons. The smallest absolute Gasteiger partial charge is 0.222 e. The van der Waals surface area contributed by atoms with E-state index in [1.165, 1.54) is 0 Å². The minimum Gasteiger partial charge on any atom is -0.496 e. The molecule has 4 heteroatoms. The van der Waals surface area contributed by atoms with Crippen LogP contribution in [0.2, 0.25) is 0 Å². The highest BCUT2D eigenvalue weighted by molar-refractivity contribution is 5.76. The number of hydrogen-bond donors (Lipinski definition) is 1. The Morgan fingerprint density at radius 2 is 2.14 bits per heavy atom. The van der Waals surface area contributed by atoms with E-state index in [9.17, 15) is 4.79 Å². The molecule has 0 saturated carbocycles. The average molecular weight is 290 g/mol. The molecule has 1 aliphatic rings. The molecule has 1 heterocycles. The van der Waals surface area contributed by atoms with Gasteiger partial charge in [0.2, 0.25) is 5.91 Å². The van der Waals surface area contributed by atoms with Crippen molar-refractivity contribution < 1.29 is 9.53 Å². The second-order valence-corrected chi connectivity index (χ2v) is 6.22. The number of carbonyl (C=O) groups is 1. The van der Waals surface area contributed by atoms with Crippen molar-refractivity contribution in [3.8, 4) is 5.75 Å². The van der Waals surface area contributed by atoms with E-state index in [2.05, 4.69) is 13.8 Å². The molecule has 0 aromatic heterocycles. The topological polar surface area (TPSA) is 55.6 Å². The molecule has 0 spiro atoms. The summed E-state index contributed by atoms with van der Waals surface area (Å²) in [7, 11) is 1.65. The van der Waals surface area contributed by atoms with E-state index in [-0.39, 0.29) is 5.91 Å². The third-order valence-electron chi connectivity index (χ3n) is 4.46. The summed E-state index contributed by atoms with van der Waals surface area (Å²) < 4.78 is 5.37. The Hall–Kier alpha value is -1.71. The quantitative estimate of drug-likeness (QED) is 0.867. The summed E-state index contributed by atoms with van der Waals surface area (Å²) in [5.74, 6) is 2.31. The van der Waals surface area contributed by atoms with E-state index < -0.39 is 0 Å². The van der Waals surface area contributed by atoms with Gasteiger partial charge in [0.25, 0.3) is 0 Å². The van der Waals surface area contributed by atoms with Crippen molar-refractivity contribution in [2.75, 3.05) is 19.4 Å². The van der Waals surface area contributed by atoms with Gasteiger partial charge in [-0.05, 0) is 42.9 Å². The maximum absolute atomic E-state index is 12.3. The van der Waals surface area contributed by atoms with Crippen LogP contribution in [-0.4, -0.2) is 24.5 Å². The molecule has 1 aromatic carbocycles. The summed E-state index contributed by atoms with van der Waals surface area (Å²) in [5, 5.41) is 0. The Labute approximate surface area is 127 Å². The summed E-state index contributed by atoms with van der Waals surface area (Å²) in [5.41, 5.74) is 7.54. The molecular weight excluding hydrogens is 264 g/mol. The number of hydrogen-bond acceptors (Lipinski definition) is 3. The summed E-state index contributed by atoms with van der Waals surface area (Å²) in [6.07, 6.45) is 2.72. The van der Waals surface area contributed by atoms with E-state index in [4.69, 9.17) is 10.5 Å². The molecular formula is C17H26N2O2. The number of rotatable bonds is 4. The predicted molar refractivity (Wildman–Crippen MR) is 85.0 cm³/mol. The molecule has 0 bridgehead atoms. The van der Waals surface area contributed by atoms with E-state index in [0.717, 1.165) is 30.7 Å². The van der Waals surface area contributed by atoms with Crippen LogP contribution >= 0.6 is 0 Å². The first kappa shape index (κ1) is 15.7. The van der Waals surface area contributed by atoms with Gasteiger partial charge in [0.1, 0.15) is 5.75 Å². The number of methoxy groups -OCH3 is 1. The predicted octanol–water partition coefficient (Wildman–Crippen LogP) is 3.06. The van der Waals surface area contributed by atoms with Crippen molar-refractivity contribution in [3.05, 3.63) is 23.8 Å². The van der Waals surface area contributed by atoms with Crippen molar-refractivity contribution >= 4 is 11.6 Å². The number of nitrogens with two attached hydrogens (primary N) is 1. The monoisotopic (exact) mass is 290 g/mol. The highest BCUT2D eigenvalue weighted by atomic mass is 16.5. The van der Waals surface area contributed by atoms with Gasteiger partial charge in [0.15, 0.2) is 0 Å². The normalized spacial score (nSPS) is 19.7. The fourth-order valence-corrected chi connectivity index (χ4v) is 3.02. The summed E-state index contributed by atoms with van der Waals surface area (Å²) in [4.78, 5) is 14.3. The zero-order valence-corrected chi connectivity index (χ0v) is 13.3. The lowest BCUT2D eigenvalue weighted by Gasteiger charge is -2.23. The molecule has 2 N–H and O–H groups in total. The summed E-state index contributed by atoms with van der Waals surface area (Å²) in [6.45, 7) is 5.88. The molecule has 1 fully saturated rings. The second-order valence-electron chi connectivity index (χ2n) is 6.22. The lowest BCUT2D eigenvalue weighted by Crippen LogP contribution is -2.30. The first-order valence-corrected chi connectivity index (χ1v) is 7.71. The Morgan fingerprint density at radius 1 is 1.38 bits per heavy atom. The lowest BCUT2D eigenvalue weighted by atomic mass is 9.89. The Bertz CT molecular complexity index is 500.